The van der Waals surface area contributed by atoms with Crippen molar-refractivity contribution in [2.45, 2.75) is 19.4 Å². The number of aliphatic hydroxyl groups excluding tert-OH is 2. The van der Waals surface area contributed by atoms with Crippen molar-refractivity contribution < 1.29 is 10.2 Å². The van der Waals surface area contributed by atoms with Gasteiger partial charge in [0.25, 0.3) is 0 Å². The van der Waals surface area contributed by atoms with Crippen molar-refractivity contribution in [3.63, 3.8) is 0 Å². The van der Waals surface area contributed by atoms with Crippen LogP contribution in [0.1, 0.15) is 24.3 Å². The molecule has 0 fully saturated rings. The Morgan fingerprint density at radius 2 is 2.19 bits per heavy atom. The van der Waals surface area contributed by atoms with Crippen LogP contribution >= 0.6 is 27.3 Å². The number of hydrogen-bond acceptors (Lipinski definition) is 4. The third-order valence-electron chi connectivity index (χ3n) is 2.50. The molecular weight excluding hydrogens is 290 g/mol. The van der Waals surface area contributed by atoms with Crippen molar-refractivity contribution in [3.8, 4) is 0 Å². The third kappa shape index (κ3) is 4.51. The highest BCUT2D eigenvalue weighted by Gasteiger charge is 2.11. The van der Waals surface area contributed by atoms with Gasteiger partial charge in [0, 0.05) is 18.0 Å². The van der Waals surface area contributed by atoms with E-state index in [1.54, 1.807) is 11.3 Å². The van der Waals surface area contributed by atoms with E-state index < -0.39 is 6.10 Å². The average molecular weight is 308 g/mol. The Hall–Kier alpha value is 0.0600. The van der Waals surface area contributed by atoms with Gasteiger partial charge in [-0.3, -0.25) is 0 Å². The van der Waals surface area contributed by atoms with Gasteiger partial charge >= 0.3 is 0 Å². The molecule has 1 atom stereocenters. The standard InChI is InChI=1S/C11H18BrNO2S/c1-2-13(7-8-14)6-5-9(15)10-3-4-11(12)16-10/h3-4,9,14-15H,2,5-8H2,1H3. The number of thiophene rings is 1. The Bertz CT molecular complexity index is 306. The first kappa shape index (κ1) is 14.1. The summed E-state index contributed by atoms with van der Waals surface area (Å²) in [5.41, 5.74) is 0. The van der Waals surface area contributed by atoms with E-state index in [0.29, 0.717) is 13.0 Å². The number of likely N-dealkylation sites (N-methyl/N-ethyl adjacent to an activating group) is 1. The topological polar surface area (TPSA) is 43.7 Å². The Labute approximate surface area is 109 Å². The van der Waals surface area contributed by atoms with E-state index in [0.717, 1.165) is 21.8 Å². The van der Waals surface area contributed by atoms with Crippen LogP contribution in [0.15, 0.2) is 15.9 Å². The quantitative estimate of drug-likeness (QED) is 0.812. The maximum Gasteiger partial charge on any atom is 0.0894 e. The Balaban J connectivity index is 2.36. The van der Waals surface area contributed by atoms with Gasteiger partial charge in [0.05, 0.1) is 16.5 Å². The smallest absolute Gasteiger partial charge is 0.0894 e. The van der Waals surface area contributed by atoms with Gasteiger partial charge in [-0.15, -0.1) is 11.3 Å². The van der Waals surface area contributed by atoms with Gasteiger partial charge in [-0.1, -0.05) is 6.92 Å². The van der Waals surface area contributed by atoms with Crippen LogP contribution in [0, 0.1) is 0 Å². The largest absolute Gasteiger partial charge is 0.395 e. The normalized spacial score (nSPS) is 13.3. The molecule has 0 saturated heterocycles. The lowest BCUT2D eigenvalue weighted by molar-refractivity contribution is 0.136. The van der Waals surface area contributed by atoms with E-state index in [1.807, 2.05) is 12.1 Å². The van der Waals surface area contributed by atoms with Crippen LogP contribution in [0.5, 0.6) is 0 Å². The lowest BCUT2D eigenvalue weighted by Crippen LogP contribution is -2.28. The highest BCUT2D eigenvalue weighted by Crippen LogP contribution is 2.28. The SMILES string of the molecule is CCN(CCO)CCC(O)c1ccc(Br)s1. The molecule has 0 bridgehead atoms. The second kappa shape index (κ2) is 7.40. The minimum Gasteiger partial charge on any atom is -0.395 e. The second-order valence-electron chi connectivity index (χ2n) is 3.60. The summed E-state index contributed by atoms with van der Waals surface area (Å²) >= 11 is 4.95. The summed E-state index contributed by atoms with van der Waals surface area (Å²) in [5, 5.41) is 18.8. The summed E-state index contributed by atoms with van der Waals surface area (Å²) in [5.74, 6) is 0. The van der Waals surface area contributed by atoms with Crippen LogP contribution in [0.4, 0.5) is 0 Å². The summed E-state index contributed by atoms with van der Waals surface area (Å²) in [4.78, 5) is 3.12. The predicted octanol–water partition coefficient (Wildman–Crippen LogP) is 2.25. The summed E-state index contributed by atoms with van der Waals surface area (Å²) in [6.45, 7) is 4.63. The van der Waals surface area contributed by atoms with Crippen LogP contribution in [0.3, 0.4) is 0 Å². The lowest BCUT2D eigenvalue weighted by Gasteiger charge is -2.20. The number of rotatable bonds is 7. The second-order valence-corrected chi connectivity index (χ2v) is 6.10. The van der Waals surface area contributed by atoms with E-state index in [9.17, 15) is 5.11 Å². The molecule has 3 nitrogen and oxygen atoms in total. The number of aliphatic hydroxyl groups is 2. The van der Waals surface area contributed by atoms with Crippen molar-refractivity contribution in [2.24, 2.45) is 0 Å². The van der Waals surface area contributed by atoms with Crippen molar-refractivity contribution in [3.05, 3.63) is 20.8 Å². The number of halogens is 1. The van der Waals surface area contributed by atoms with Gasteiger partial charge in [0.2, 0.25) is 0 Å². The molecule has 1 unspecified atom stereocenters. The molecular formula is C11H18BrNO2S. The Morgan fingerprint density at radius 3 is 2.69 bits per heavy atom. The van der Waals surface area contributed by atoms with Crippen LogP contribution in [0.25, 0.3) is 0 Å². The van der Waals surface area contributed by atoms with Crippen molar-refractivity contribution in [2.75, 3.05) is 26.2 Å². The number of hydrogen-bond donors (Lipinski definition) is 2. The molecule has 0 amide bonds. The maximum absolute atomic E-state index is 9.95. The van der Waals surface area contributed by atoms with E-state index >= 15 is 0 Å². The molecule has 0 saturated carbocycles. The molecule has 92 valence electrons. The third-order valence-corrected chi connectivity index (χ3v) is 4.23. The summed E-state index contributed by atoms with van der Waals surface area (Å²) in [6, 6.07) is 3.90. The summed E-state index contributed by atoms with van der Waals surface area (Å²) < 4.78 is 1.05. The molecule has 0 spiro atoms. The minimum absolute atomic E-state index is 0.175. The van der Waals surface area contributed by atoms with E-state index in [1.165, 1.54) is 0 Å². The van der Waals surface area contributed by atoms with Gasteiger partial charge in [0.15, 0.2) is 0 Å². The molecule has 1 aromatic rings. The molecule has 1 rings (SSSR count). The van der Waals surface area contributed by atoms with Gasteiger partial charge in [-0.2, -0.15) is 0 Å². The molecule has 2 N–H and O–H groups in total. The maximum atomic E-state index is 9.95. The minimum atomic E-state index is -0.399. The van der Waals surface area contributed by atoms with Crippen molar-refractivity contribution in [1.29, 1.82) is 0 Å². The van der Waals surface area contributed by atoms with Gasteiger partial charge < -0.3 is 15.1 Å². The van der Waals surface area contributed by atoms with Crippen LogP contribution in [-0.4, -0.2) is 41.4 Å². The Morgan fingerprint density at radius 1 is 1.44 bits per heavy atom. The van der Waals surface area contributed by atoms with Crippen LogP contribution in [0.2, 0.25) is 0 Å². The highest BCUT2D eigenvalue weighted by molar-refractivity contribution is 9.11. The van der Waals surface area contributed by atoms with E-state index in [4.69, 9.17) is 5.11 Å². The first-order chi connectivity index (χ1) is 7.67. The van der Waals surface area contributed by atoms with E-state index in [2.05, 4.69) is 27.8 Å². The zero-order valence-electron chi connectivity index (χ0n) is 9.40. The van der Waals surface area contributed by atoms with Crippen LogP contribution < -0.4 is 0 Å². The predicted molar refractivity (Wildman–Crippen MR) is 70.8 cm³/mol. The Kier molecular flexibility index (Phi) is 6.53. The monoisotopic (exact) mass is 307 g/mol. The highest BCUT2D eigenvalue weighted by atomic mass is 79.9. The first-order valence-electron chi connectivity index (χ1n) is 5.44. The van der Waals surface area contributed by atoms with Gasteiger partial charge in [-0.05, 0) is 41.0 Å². The summed E-state index contributed by atoms with van der Waals surface area (Å²) in [7, 11) is 0. The fourth-order valence-corrected chi connectivity index (χ4v) is 2.97. The van der Waals surface area contributed by atoms with E-state index in [-0.39, 0.29) is 6.61 Å². The van der Waals surface area contributed by atoms with Crippen molar-refractivity contribution in [1.82, 2.24) is 4.90 Å². The molecule has 0 radical (unpaired) electrons. The fraction of sp³-hybridized carbons (Fsp3) is 0.636. The molecule has 0 aliphatic carbocycles. The zero-order valence-corrected chi connectivity index (χ0v) is 11.8. The molecule has 5 heteroatoms. The molecule has 1 aromatic heterocycles. The molecule has 1 heterocycles. The first-order valence-corrected chi connectivity index (χ1v) is 7.04. The molecule has 16 heavy (non-hydrogen) atoms. The van der Waals surface area contributed by atoms with Gasteiger partial charge in [-0.25, -0.2) is 0 Å². The average Bonchev–Trinajstić information content (AvgIpc) is 2.70. The zero-order chi connectivity index (χ0) is 12.0. The van der Waals surface area contributed by atoms with Crippen molar-refractivity contribution >= 4 is 27.3 Å². The molecule has 0 aliphatic heterocycles. The summed E-state index contributed by atoms with van der Waals surface area (Å²) in [6.07, 6.45) is 0.310. The molecule has 0 aromatic carbocycles. The van der Waals surface area contributed by atoms with Gasteiger partial charge in [0.1, 0.15) is 0 Å². The number of nitrogens with zero attached hydrogens (tertiary/aromatic N) is 1. The lowest BCUT2D eigenvalue weighted by atomic mass is 10.2. The van der Waals surface area contributed by atoms with Crippen LogP contribution in [-0.2, 0) is 0 Å². The fourth-order valence-electron chi connectivity index (χ4n) is 1.52. The molecule has 0 aliphatic rings.